The summed E-state index contributed by atoms with van der Waals surface area (Å²) in [6, 6.07) is 5.10. The van der Waals surface area contributed by atoms with E-state index in [9.17, 15) is 4.79 Å². The summed E-state index contributed by atoms with van der Waals surface area (Å²) >= 11 is 0. The minimum atomic E-state index is -0.116. The Hall–Kier alpha value is -1.59. The van der Waals surface area contributed by atoms with Gasteiger partial charge < -0.3 is 15.8 Å². The van der Waals surface area contributed by atoms with E-state index in [-0.39, 0.29) is 11.8 Å². The molecule has 0 saturated carbocycles. The molecule has 2 rings (SSSR count). The predicted octanol–water partition coefficient (Wildman–Crippen LogP) is 0.754. The molecule has 0 bridgehead atoms. The van der Waals surface area contributed by atoms with Crippen LogP contribution in [0.2, 0.25) is 0 Å². The van der Waals surface area contributed by atoms with Crippen LogP contribution < -0.4 is 15.8 Å². The number of hydrogen-bond donors (Lipinski definition) is 2. The van der Waals surface area contributed by atoms with Crippen LogP contribution in [0.4, 0.5) is 5.69 Å². The van der Waals surface area contributed by atoms with Gasteiger partial charge in [-0.2, -0.15) is 0 Å². The fraction of sp³-hybridized carbons (Fsp3) is 0.500. The number of nitrogens with one attached hydrogen (secondary N) is 1. The highest BCUT2D eigenvalue weighted by atomic mass is 16.5. The molecule has 1 heterocycles. The molecule has 3 N–H and O–H groups in total. The highest BCUT2D eigenvalue weighted by molar-refractivity contribution is 6.00. The van der Waals surface area contributed by atoms with Crippen molar-refractivity contribution in [3.05, 3.63) is 23.8 Å². The van der Waals surface area contributed by atoms with Crippen LogP contribution in [0.1, 0.15) is 17.3 Å². The standard InChI is InChI=1S/C14H21N3O2/c1-10(17-7-5-16-6-8-17)14(18)11-3-4-13(19-2)12(15)9-11/h3-4,9-10,16H,5-8,15H2,1-2H3. The third kappa shape index (κ3) is 3.05. The number of ether oxygens (including phenoxy) is 1. The van der Waals surface area contributed by atoms with E-state index >= 15 is 0 Å². The third-order valence-corrected chi connectivity index (χ3v) is 3.59. The van der Waals surface area contributed by atoms with Crippen LogP contribution in [-0.2, 0) is 0 Å². The van der Waals surface area contributed by atoms with Gasteiger partial charge in [-0.1, -0.05) is 0 Å². The highest BCUT2D eigenvalue weighted by Crippen LogP contribution is 2.23. The summed E-state index contributed by atoms with van der Waals surface area (Å²) in [5, 5.41) is 3.28. The molecular formula is C14H21N3O2. The first-order valence-corrected chi connectivity index (χ1v) is 6.56. The topological polar surface area (TPSA) is 67.6 Å². The molecule has 5 nitrogen and oxygen atoms in total. The van der Waals surface area contributed by atoms with E-state index in [2.05, 4.69) is 10.2 Å². The highest BCUT2D eigenvalue weighted by Gasteiger charge is 2.24. The van der Waals surface area contributed by atoms with Crippen molar-refractivity contribution in [2.75, 3.05) is 39.0 Å². The molecule has 1 atom stereocenters. The van der Waals surface area contributed by atoms with Gasteiger partial charge >= 0.3 is 0 Å². The lowest BCUT2D eigenvalue weighted by atomic mass is 10.0. The Morgan fingerprint density at radius 1 is 1.42 bits per heavy atom. The van der Waals surface area contributed by atoms with Gasteiger partial charge in [-0.15, -0.1) is 0 Å². The van der Waals surface area contributed by atoms with Crippen molar-refractivity contribution in [3.63, 3.8) is 0 Å². The molecule has 1 saturated heterocycles. The molecule has 0 spiro atoms. The maximum atomic E-state index is 12.4. The van der Waals surface area contributed by atoms with Crippen LogP contribution >= 0.6 is 0 Å². The largest absolute Gasteiger partial charge is 0.495 e. The molecule has 19 heavy (non-hydrogen) atoms. The van der Waals surface area contributed by atoms with E-state index in [1.54, 1.807) is 25.3 Å². The zero-order chi connectivity index (χ0) is 13.8. The molecule has 1 fully saturated rings. The molecule has 104 valence electrons. The number of carbonyl (C=O) groups is 1. The van der Waals surface area contributed by atoms with Gasteiger partial charge in [-0.25, -0.2) is 0 Å². The average molecular weight is 263 g/mol. The third-order valence-electron chi connectivity index (χ3n) is 3.59. The number of piperazine rings is 1. The first-order chi connectivity index (χ1) is 9.13. The molecule has 5 heteroatoms. The Morgan fingerprint density at radius 3 is 2.68 bits per heavy atom. The molecule has 1 aromatic rings. The average Bonchev–Trinajstić information content (AvgIpc) is 2.46. The summed E-state index contributed by atoms with van der Waals surface area (Å²) < 4.78 is 5.10. The van der Waals surface area contributed by atoms with Crippen molar-refractivity contribution in [2.45, 2.75) is 13.0 Å². The number of benzene rings is 1. The van der Waals surface area contributed by atoms with Crippen LogP contribution in [0.3, 0.4) is 0 Å². The second kappa shape index (κ2) is 6.04. The summed E-state index contributed by atoms with van der Waals surface area (Å²) in [4.78, 5) is 14.6. The van der Waals surface area contributed by atoms with E-state index < -0.39 is 0 Å². The Labute approximate surface area is 113 Å². The lowest BCUT2D eigenvalue weighted by molar-refractivity contribution is 0.0820. The number of rotatable bonds is 4. The molecule has 1 aromatic carbocycles. The monoisotopic (exact) mass is 263 g/mol. The van der Waals surface area contributed by atoms with Gasteiger partial charge in [0.15, 0.2) is 5.78 Å². The van der Waals surface area contributed by atoms with E-state index in [1.807, 2.05) is 6.92 Å². The maximum Gasteiger partial charge on any atom is 0.179 e. The second-order valence-electron chi connectivity index (χ2n) is 4.78. The number of nitrogens with two attached hydrogens (primary N) is 1. The van der Waals surface area contributed by atoms with Gasteiger partial charge in [0.25, 0.3) is 0 Å². The van der Waals surface area contributed by atoms with Crippen molar-refractivity contribution in [2.24, 2.45) is 0 Å². The molecule has 0 aromatic heterocycles. The molecule has 0 radical (unpaired) electrons. The van der Waals surface area contributed by atoms with E-state index in [4.69, 9.17) is 10.5 Å². The van der Waals surface area contributed by atoms with E-state index in [0.29, 0.717) is 17.0 Å². The Morgan fingerprint density at radius 2 is 2.11 bits per heavy atom. The molecular weight excluding hydrogens is 242 g/mol. The molecule has 1 aliphatic heterocycles. The minimum absolute atomic E-state index is 0.108. The van der Waals surface area contributed by atoms with Gasteiger partial charge in [-0.3, -0.25) is 9.69 Å². The number of nitrogens with zero attached hydrogens (tertiary/aromatic N) is 1. The first-order valence-electron chi connectivity index (χ1n) is 6.56. The molecule has 1 aliphatic rings. The zero-order valence-corrected chi connectivity index (χ0v) is 11.5. The fourth-order valence-electron chi connectivity index (χ4n) is 2.36. The summed E-state index contributed by atoms with van der Waals surface area (Å²) in [7, 11) is 1.57. The van der Waals surface area contributed by atoms with Gasteiger partial charge in [0.1, 0.15) is 5.75 Å². The van der Waals surface area contributed by atoms with Crippen LogP contribution in [-0.4, -0.2) is 50.0 Å². The second-order valence-corrected chi connectivity index (χ2v) is 4.78. The SMILES string of the molecule is COc1ccc(C(=O)C(C)N2CCNCC2)cc1N. The van der Waals surface area contributed by atoms with Crippen LogP contribution in [0.15, 0.2) is 18.2 Å². The first kappa shape index (κ1) is 13.8. The van der Waals surface area contributed by atoms with Crippen molar-refractivity contribution in [3.8, 4) is 5.75 Å². The Balaban J connectivity index is 2.12. The van der Waals surface area contributed by atoms with E-state index in [1.165, 1.54) is 0 Å². The lowest BCUT2D eigenvalue weighted by Gasteiger charge is -2.31. The molecule has 0 amide bonds. The Bertz CT molecular complexity index is 456. The van der Waals surface area contributed by atoms with E-state index in [0.717, 1.165) is 26.2 Å². The summed E-state index contributed by atoms with van der Waals surface area (Å²) in [6.45, 7) is 5.62. The number of hydrogen-bond acceptors (Lipinski definition) is 5. The number of ketones is 1. The van der Waals surface area contributed by atoms with Crippen molar-refractivity contribution in [1.29, 1.82) is 0 Å². The van der Waals surface area contributed by atoms with Gasteiger partial charge in [-0.05, 0) is 25.1 Å². The van der Waals surface area contributed by atoms with Crippen LogP contribution in [0, 0.1) is 0 Å². The summed E-state index contributed by atoms with van der Waals surface area (Å²) in [5.74, 6) is 0.711. The van der Waals surface area contributed by atoms with Gasteiger partial charge in [0.2, 0.25) is 0 Å². The molecule has 0 aliphatic carbocycles. The summed E-state index contributed by atoms with van der Waals surface area (Å²) in [5.41, 5.74) is 6.99. The number of methoxy groups -OCH3 is 1. The fourth-order valence-corrected chi connectivity index (χ4v) is 2.36. The molecule has 1 unspecified atom stereocenters. The number of carbonyl (C=O) groups excluding carboxylic acids is 1. The lowest BCUT2D eigenvalue weighted by Crippen LogP contribution is -2.50. The Kier molecular flexibility index (Phi) is 4.39. The minimum Gasteiger partial charge on any atom is -0.495 e. The van der Waals surface area contributed by atoms with Crippen molar-refractivity contribution < 1.29 is 9.53 Å². The quantitative estimate of drug-likeness (QED) is 0.620. The number of anilines is 1. The number of Topliss-reactive ketones (excluding diaryl/α,β-unsaturated/α-hetero) is 1. The number of nitrogen functional groups attached to an aromatic ring is 1. The predicted molar refractivity (Wildman–Crippen MR) is 75.6 cm³/mol. The van der Waals surface area contributed by atoms with Gasteiger partial charge in [0.05, 0.1) is 18.8 Å². The van der Waals surface area contributed by atoms with Crippen LogP contribution in [0.25, 0.3) is 0 Å². The normalized spacial score (nSPS) is 18.0. The van der Waals surface area contributed by atoms with Gasteiger partial charge in [0, 0.05) is 31.7 Å². The summed E-state index contributed by atoms with van der Waals surface area (Å²) in [6.07, 6.45) is 0. The smallest absolute Gasteiger partial charge is 0.179 e. The zero-order valence-electron chi connectivity index (χ0n) is 11.5. The van der Waals surface area contributed by atoms with Crippen molar-refractivity contribution >= 4 is 11.5 Å². The maximum absolute atomic E-state index is 12.4. The van der Waals surface area contributed by atoms with Crippen molar-refractivity contribution in [1.82, 2.24) is 10.2 Å². The van der Waals surface area contributed by atoms with Crippen LogP contribution in [0.5, 0.6) is 5.75 Å².